The van der Waals surface area contributed by atoms with Gasteiger partial charge in [0.2, 0.25) is 0 Å². The molecule has 0 bridgehead atoms. The molecule has 1 fully saturated rings. The van der Waals surface area contributed by atoms with Crippen molar-refractivity contribution in [2.24, 2.45) is 0 Å². The first kappa shape index (κ1) is 13.3. The van der Waals surface area contributed by atoms with Crippen LogP contribution in [-0.2, 0) is 16.1 Å². The van der Waals surface area contributed by atoms with Crippen LogP contribution < -0.4 is 4.74 Å². The Labute approximate surface area is 106 Å². The third-order valence-electron chi connectivity index (χ3n) is 3.04. The lowest BCUT2D eigenvalue weighted by molar-refractivity contribution is -0.0340. The lowest BCUT2D eigenvalue weighted by Crippen LogP contribution is -2.33. The molecule has 18 heavy (non-hydrogen) atoms. The fourth-order valence-electron chi connectivity index (χ4n) is 1.89. The highest BCUT2D eigenvalue weighted by Gasteiger charge is 2.36. The molecular formula is C13H18O5. The Hall–Kier alpha value is -1.14. The summed E-state index contributed by atoms with van der Waals surface area (Å²) in [5, 5.41) is 18.7. The molecular weight excluding hydrogens is 236 g/mol. The van der Waals surface area contributed by atoms with Crippen LogP contribution >= 0.6 is 0 Å². The zero-order chi connectivity index (χ0) is 13.0. The second-order valence-electron chi connectivity index (χ2n) is 4.24. The molecule has 0 amide bonds. The van der Waals surface area contributed by atoms with Gasteiger partial charge in [-0.15, -0.1) is 0 Å². The fraction of sp³-hybridized carbons (Fsp3) is 0.538. The van der Waals surface area contributed by atoms with Crippen molar-refractivity contribution < 1.29 is 24.4 Å². The molecule has 1 aliphatic rings. The van der Waals surface area contributed by atoms with Crippen molar-refractivity contribution >= 4 is 0 Å². The van der Waals surface area contributed by atoms with Crippen LogP contribution in [0.2, 0.25) is 0 Å². The lowest BCUT2D eigenvalue weighted by atomic mass is 10.1. The van der Waals surface area contributed by atoms with E-state index >= 15 is 0 Å². The summed E-state index contributed by atoms with van der Waals surface area (Å²) in [5.74, 6) is 0.795. The molecule has 3 unspecified atom stereocenters. The van der Waals surface area contributed by atoms with E-state index in [4.69, 9.17) is 19.3 Å². The zero-order valence-corrected chi connectivity index (χ0v) is 10.3. The maximum atomic E-state index is 9.78. The average Bonchev–Trinajstić information content (AvgIpc) is 2.77. The third kappa shape index (κ3) is 3.00. The van der Waals surface area contributed by atoms with Gasteiger partial charge in [0, 0.05) is 0 Å². The van der Waals surface area contributed by atoms with E-state index in [0.717, 1.165) is 11.3 Å². The van der Waals surface area contributed by atoms with Crippen LogP contribution in [0.4, 0.5) is 0 Å². The first-order valence-corrected chi connectivity index (χ1v) is 5.89. The number of methoxy groups -OCH3 is 1. The number of benzene rings is 1. The predicted octanol–water partition coefficient (Wildman–Crippen LogP) is 0.332. The van der Waals surface area contributed by atoms with Gasteiger partial charge in [-0.25, -0.2) is 0 Å². The number of hydrogen-bond acceptors (Lipinski definition) is 5. The first-order valence-electron chi connectivity index (χ1n) is 5.89. The van der Waals surface area contributed by atoms with Crippen LogP contribution in [0.25, 0.3) is 0 Å². The smallest absolute Gasteiger partial charge is 0.118 e. The van der Waals surface area contributed by atoms with Crippen molar-refractivity contribution in [2.75, 3.05) is 20.3 Å². The highest BCUT2D eigenvalue weighted by molar-refractivity contribution is 5.26. The molecule has 0 radical (unpaired) electrons. The first-order chi connectivity index (χ1) is 8.74. The summed E-state index contributed by atoms with van der Waals surface area (Å²) in [7, 11) is 1.62. The summed E-state index contributed by atoms with van der Waals surface area (Å²) in [6.45, 7) is 0.513. The Balaban J connectivity index is 1.84. The van der Waals surface area contributed by atoms with Crippen LogP contribution in [0.15, 0.2) is 24.3 Å². The Morgan fingerprint density at radius 2 is 2.06 bits per heavy atom. The Morgan fingerprint density at radius 3 is 2.61 bits per heavy atom. The van der Waals surface area contributed by atoms with Crippen LogP contribution in [0.5, 0.6) is 5.75 Å². The molecule has 1 saturated heterocycles. The number of hydrogen-bond donors (Lipinski definition) is 2. The number of ether oxygens (including phenoxy) is 3. The van der Waals surface area contributed by atoms with Crippen molar-refractivity contribution in [3.05, 3.63) is 29.8 Å². The zero-order valence-electron chi connectivity index (χ0n) is 10.3. The van der Waals surface area contributed by atoms with Gasteiger partial charge in [0.1, 0.15) is 24.1 Å². The van der Waals surface area contributed by atoms with Crippen molar-refractivity contribution in [2.45, 2.75) is 24.9 Å². The standard InChI is InChI=1S/C13H18O5/c1-16-10-4-2-9(3-5-10)7-17-12-8-18-11(6-14)13(12)15/h2-5,11-15H,6-8H2,1H3. The van der Waals surface area contributed by atoms with Crippen LogP contribution in [-0.4, -0.2) is 48.8 Å². The lowest BCUT2D eigenvalue weighted by Gasteiger charge is -2.16. The molecule has 5 heteroatoms. The van der Waals surface area contributed by atoms with Gasteiger partial charge in [-0.05, 0) is 17.7 Å². The van der Waals surface area contributed by atoms with Crippen LogP contribution in [0.3, 0.4) is 0 Å². The Kier molecular flexibility index (Phi) is 4.54. The van der Waals surface area contributed by atoms with Gasteiger partial charge in [0.15, 0.2) is 0 Å². The van der Waals surface area contributed by atoms with E-state index in [1.165, 1.54) is 0 Å². The van der Waals surface area contributed by atoms with E-state index in [2.05, 4.69) is 0 Å². The number of rotatable bonds is 5. The van der Waals surface area contributed by atoms with Crippen LogP contribution in [0, 0.1) is 0 Å². The van der Waals surface area contributed by atoms with Gasteiger partial charge in [0.05, 0.1) is 26.9 Å². The van der Waals surface area contributed by atoms with Crippen molar-refractivity contribution in [1.82, 2.24) is 0 Å². The minimum absolute atomic E-state index is 0.191. The van der Waals surface area contributed by atoms with E-state index in [1.807, 2.05) is 24.3 Å². The minimum atomic E-state index is -0.770. The minimum Gasteiger partial charge on any atom is -0.497 e. The summed E-state index contributed by atoms with van der Waals surface area (Å²) in [4.78, 5) is 0. The van der Waals surface area contributed by atoms with Gasteiger partial charge in [-0.2, -0.15) is 0 Å². The molecule has 1 heterocycles. The summed E-state index contributed by atoms with van der Waals surface area (Å²) < 4.78 is 15.9. The number of aliphatic hydroxyl groups excluding tert-OH is 2. The molecule has 2 rings (SSSR count). The van der Waals surface area contributed by atoms with Gasteiger partial charge in [-0.1, -0.05) is 12.1 Å². The molecule has 0 aromatic heterocycles. The maximum absolute atomic E-state index is 9.78. The predicted molar refractivity (Wildman–Crippen MR) is 64.4 cm³/mol. The highest BCUT2D eigenvalue weighted by atomic mass is 16.6. The molecule has 2 N–H and O–H groups in total. The fourth-order valence-corrected chi connectivity index (χ4v) is 1.89. The molecule has 1 aliphatic heterocycles. The molecule has 5 nitrogen and oxygen atoms in total. The number of aliphatic hydroxyl groups is 2. The molecule has 0 saturated carbocycles. The molecule has 0 spiro atoms. The molecule has 100 valence electrons. The van der Waals surface area contributed by atoms with E-state index in [9.17, 15) is 5.11 Å². The van der Waals surface area contributed by atoms with Crippen LogP contribution in [0.1, 0.15) is 5.56 Å². The average molecular weight is 254 g/mol. The monoisotopic (exact) mass is 254 g/mol. The summed E-state index contributed by atoms with van der Waals surface area (Å²) in [5.41, 5.74) is 0.996. The third-order valence-corrected chi connectivity index (χ3v) is 3.04. The van der Waals surface area contributed by atoms with Crippen molar-refractivity contribution in [3.63, 3.8) is 0 Å². The molecule has 0 aliphatic carbocycles. The topological polar surface area (TPSA) is 68.2 Å². The summed E-state index contributed by atoms with van der Waals surface area (Å²) >= 11 is 0. The Bertz CT molecular complexity index is 364. The van der Waals surface area contributed by atoms with Gasteiger partial charge in [-0.3, -0.25) is 0 Å². The van der Waals surface area contributed by atoms with E-state index < -0.39 is 12.2 Å². The SMILES string of the molecule is COc1ccc(COC2COC(CO)C2O)cc1. The quantitative estimate of drug-likeness (QED) is 0.792. The second-order valence-corrected chi connectivity index (χ2v) is 4.24. The molecule has 3 atom stereocenters. The van der Waals surface area contributed by atoms with E-state index in [-0.39, 0.29) is 12.7 Å². The Morgan fingerprint density at radius 1 is 1.33 bits per heavy atom. The van der Waals surface area contributed by atoms with E-state index in [1.54, 1.807) is 7.11 Å². The summed E-state index contributed by atoms with van der Waals surface area (Å²) in [6, 6.07) is 7.53. The highest BCUT2D eigenvalue weighted by Crippen LogP contribution is 2.19. The van der Waals surface area contributed by atoms with Gasteiger partial charge >= 0.3 is 0 Å². The van der Waals surface area contributed by atoms with Crippen molar-refractivity contribution in [1.29, 1.82) is 0 Å². The second kappa shape index (κ2) is 6.15. The largest absolute Gasteiger partial charge is 0.497 e. The summed E-state index contributed by atoms with van der Waals surface area (Å²) in [6.07, 6.45) is -1.69. The molecule has 1 aromatic carbocycles. The van der Waals surface area contributed by atoms with E-state index in [0.29, 0.717) is 13.2 Å². The normalized spacial score (nSPS) is 27.4. The van der Waals surface area contributed by atoms with Gasteiger partial charge in [0.25, 0.3) is 0 Å². The maximum Gasteiger partial charge on any atom is 0.118 e. The van der Waals surface area contributed by atoms with Crippen molar-refractivity contribution in [3.8, 4) is 5.75 Å². The molecule has 1 aromatic rings. The van der Waals surface area contributed by atoms with Gasteiger partial charge < -0.3 is 24.4 Å².